The van der Waals surface area contributed by atoms with Crippen LogP contribution < -0.4 is 11.1 Å². The predicted molar refractivity (Wildman–Crippen MR) is 77.5 cm³/mol. The van der Waals surface area contributed by atoms with Crippen molar-refractivity contribution in [3.05, 3.63) is 29.6 Å². The minimum Gasteiger partial charge on any atom is -0.396 e. The summed E-state index contributed by atoms with van der Waals surface area (Å²) in [6, 6.07) is 5.01. The second-order valence-electron chi connectivity index (χ2n) is 5.51. The maximum Gasteiger partial charge on any atom is 0.216 e. The SMILES string of the molecule is CC(=O)NCC1CCN(Cc2ccc(N)c(F)c2)CC1. The van der Waals surface area contributed by atoms with Gasteiger partial charge in [-0.1, -0.05) is 6.07 Å². The molecule has 0 bridgehead atoms. The van der Waals surface area contributed by atoms with E-state index in [1.165, 1.54) is 6.07 Å². The molecule has 0 radical (unpaired) electrons. The molecule has 110 valence electrons. The van der Waals surface area contributed by atoms with Gasteiger partial charge in [0.15, 0.2) is 0 Å². The van der Waals surface area contributed by atoms with E-state index >= 15 is 0 Å². The number of nitrogens with one attached hydrogen (secondary N) is 1. The molecule has 0 aliphatic carbocycles. The largest absolute Gasteiger partial charge is 0.396 e. The summed E-state index contributed by atoms with van der Waals surface area (Å²) >= 11 is 0. The lowest BCUT2D eigenvalue weighted by atomic mass is 9.96. The maximum atomic E-state index is 13.4. The first-order chi connectivity index (χ1) is 9.54. The summed E-state index contributed by atoms with van der Waals surface area (Å²) in [5.74, 6) is 0.242. The standard InChI is InChI=1S/C15H22FN3O/c1-11(20)18-9-12-4-6-19(7-5-12)10-13-2-3-15(17)14(16)8-13/h2-3,8,12H,4-7,9-10,17H2,1H3,(H,18,20). The number of halogens is 1. The van der Waals surface area contributed by atoms with Crippen LogP contribution in [0.2, 0.25) is 0 Å². The molecular formula is C15H22FN3O. The van der Waals surface area contributed by atoms with Crippen molar-refractivity contribution in [2.45, 2.75) is 26.3 Å². The fraction of sp³-hybridized carbons (Fsp3) is 0.533. The smallest absolute Gasteiger partial charge is 0.216 e. The molecule has 1 aliphatic rings. The number of benzene rings is 1. The lowest BCUT2D eigenvalue weighted by molar-refractivity contribution is -0.119. The number of hydrogen-bond acceptors (Lipinski definition) is 3. The number of carbonyl (C=O) groups excluding carboxylic acids is 1. The highest BCUT2D eigenvalue weighted by Gasteiger charge is 2.19. The van der Waals surface area contributed by atoms with Crippen LogP contribution in [0.25, 0.3) is 0 Å². The lowest BCUT2D eigenvalue weighted by Gasteiger charge is -2.32. The van der Waals surface area contributed by atoms with E-state index < -0.39 is 0 Å². The summed E-state index contributed by atoms with van der Waals surface area (Å²) in [7, 11) is 0. The number of amides is 1. The van der Waals surface area contributed by atoms with Crippen molar-refractivity contribution < 1.29 is 9.18 Å². The Morgan fingerprint density at radius 1 is 1.45 bits per heavy atom. The fourth-order valence-electron chi connectivity index (χ4n) is 2.56. The number of rotatable bonds is 4. The van der Waals surface area contributed by atoms with Gasteiger partial charge in [-0.05, 0) is 49.5 Å². The van der Waals surface area contributed by atoms with Crippen molar-refractivity contribution in [1.29, 1.82) is 0 Å². The van der Waals surface area contributed by atoms with Gasteiger partial charge in [0.1, 0.15) is 5.82 Å². The van der Waals surface area contributed by atoms with Crippen LogP contribution in [0.5, 0.6) is 0 Å². The van der Waals surface area contributed by atoms with Gasteiger partial charge in [0, 0.05) is 20.0 Å². The van der Waals surface area contributed by atoms with Crippen LogP contribution in [-0.2, 0) is 11.3 Å². The zero-order chi connectivity index (χ0) is 14.5. The van der Waals surface area contributed by atoms with Gasteiger partial charge in [-0.2, -0.15) is 0 Å². The van der Waals surface area contributed by atoms with Gasteiger partial charge in [-0.25, -0.2) is 4.39 Å². The Morgan fingerprint density at radius 2 is 2.15 bits per heavy atom. The first kappa shape index (κ1) is 14.8. The number of likely N-dealkylation sites (tertiary alicyclic amines) is 1. The highest BCUT2D eigenvalue weighted by molar-refractivity contribution is 5.72. The highest BCUT2D eigenvalue weighted by Crippen LogP contribution is 2.19. The van der Waals surface area contributed by atoms with Crippen molar-refractivity contribution in [2.75, 3.05) is 25.4 Å². The van der Waals surface area contributed by atoms with Crippen molar-refractivity contribution in [3.63, 3.8) is 0 Å². The van der Waals surface area contributed by atoms with Gasteiger partial charge < -0.3 is 11.1 Å². The van der Waals surface area contributed by atoms with Gasteiger partial charge in [0.2, 0.25) is 5.91 Å². The van der Waals surface area contributed by atoms with Crippen LogP contribution in [0.3, 0.4) is 0 Å². The van der Waals surface area contributed by atoms with Crippen LogP contribution in [0.15, 0.2) is 18.2 Å². The quantitative estimate of drug-likeness (QED) is 0.826. The Hall–Kier alpha value is -1.62. The summed E-state index contributed by atoms with van der Waals surface area (Å²) < 4.78 is 13.4. The topological polar surface area (TPSA) is 58.4 Å². The zero-order valence-corrected chi connectivity index (χ0v) is 11.9. The Kier molecular flexibility index (Phi) is 4.95. The number of hydrogen-bond donors (Lipinski definition) is 2. The van der Waals surface area contributed by atoms with Gasteiger partial charge in [0.05, 0.1) is 5.69 Å². The van der Waals surface area contributed by atoms with E-state index in [4.69, 9.17) is 5.73 Å². The second kappa shape index (κ2) is 6.70. The fourth-order valence-corrected chi connectivity index (χ4v) is 2.56. The van der Waals surface area contributed by atoms with Crippen LogP contribution in [-0.4, -0.2) is 30.4 Å². The third-order valence-electron chi connectivity index (χ3n) is 3.82. The molecular weight excluding hydrogens is 257 g/mol. The monoisotopic (exact) mass is 279 g/mol. The average Bonchev–Trinajstić information content (AvgIpc) is 2.42. The molecule has 3 N–H and O–H groups in total. The van der Waals surface area contributed by atoms with Crippen LogP contribution >= 0.6 is 0 Å². The van der Waals surface area contributed by atoms with Gasteiger partial charge in [-0.3, -0.25) is 9.69 Å². The van der Waals surface area contributed by atoms with Gasteiger partial charge in [0.25, 0.3) is 0 Å². The summed E-state index contributed by atoms with van der Waals surface area (Å²) in [5.41, 5.74) is 6.63. The molecule has 1 aliphatic heterocycles. The molecule has 0 unspecified atom stereocenters. The van der Waals surface area contributed by atoms with Crippen molar-refractivity contribution in [3.8, 4) is 0 Å². The van der Waals surface area contributed by atoms with Crippen molar-refractivity contribution in [1.82, 2.24) is 10.2 Å². The number of nitrogens with two attached hydrogens (primary N) is 1. The van der Waals surface area contributed by atoms with E-state index in [2.05, 4.69) is 10.2 Å². The summed E-state index contributed by atoms with van der Waals surface area (Å²) in [4.78, 5) is 13.2. The van der Waals surface area contributed by atoms with Crippen LogP contribution in [0.4, 0.5) is 10.1 Å². The molecule has 2 rings (SSSR count). The normalized spacial score (nSPS) is 17.1. The molecule has 5 heteroatoms. The van der Waals surface area contributed by atoms with E-state index in [1.54, 1.807) is 13.0 Å². The number of nitrogens with zero attached hydrogens (tertiary/aromatic N) is 1. The Balaban J connectivity index is 1.79. The Labute approximate surface area is 119 Å². The Morgan fingerprint density at radius 3 is 2.75 bits per heavy atom. The predicted octanol–water partition coefficient (Wildman–Crippen LogP) is 1.76. The number of anilines is 1. The molecule has 1 aromatic carbocycles. The van der Waals surface area contributed by atoms with E-state index in [1.807, 2.05) is 6.07 Å². The first-order valence-electron chi connectivity index (χ1n) is 7.05. The number of nitrogen functional groups attached to an aromatic ring is 1. The zero-order valence-electron chi connectivity index (χ0n) is 11.9. The van der Waals surface area contributed by atoms with Crippen molar-refractivity contribution in [2.24, 2.45) is 5.92 Å². The first-order valence-corrected chi connectivity index (χ1v) is 7.05. The summed E-state index contributed by atoms with van der Waals surface area (Å²) in [5, 5.41) is 2.87. The molecule has 0 atom stereocenters. The van der Waals surface area contributed by atoms with E-state index in [0.717, 1.165) is 44.6 Å². The van der Waals surface area contributed by atoms with Crippen LogP contribution in [0, 0.1) is 11.7 Å². The third kappa shape index (κ3) is 4.20. The average molecular weight is 279 g/mol. The highest BCUT2D eigenvalue weighted by atomic mass is 19.1. The molecule has 0 spiro atoms. The van der Waals surface area contributed by atoms with Gasteiger partial charge in [-0.15, -0.1) is 0 Å². The molecule has 0 saturated carbocycles. The third-order valence-corrected chi connectivity index (χ3v) is 3.82. The van der Waals surface area contributed by atoms with E-state index in [-0.39, 0.29) is 17.4 Å². The van der Waals surface area contributed by atoms with Crippen molar-refractivity contribution >= 4 is 11.6 Å². The minimum absolute atomic E-state index is 0.0322. The molecule has 4 nitrogen and oxygen atoms in total. The lowest BCUT2D eigenvalue weighted by Crippen LogP contribution is -2.37. The molecule has 0 aromatic heterocycles. The van der Waals surface area contributed by atoms with E-state index in [9.17, 15) is 9.18 Å². The maximum absolute atomic E-state index is 13.4. The number of piperidine rings is 1. The molecule has 1 amide bonds. The van der Waals surface area contributed by atoms with Gasteiger partial charge >= 0.3 is 0 Å². The summed E-state index contributed by atoms with van der Waals surface area (Å²) in [6.45, 7) is 5.03. The second-order valence-corrected chi connectivity index (χ2v) is 5.51. The van der Waals surface area contributed by atoms with E-state index in [0.29, 0.717) is 5.92 Å². The molecule has 1 heterocycles. The number of carbonyl (C=O) groups is 1. The molecule has 1 fully saturated rings. The summed E-state index contributed by atoms with van der Waals surface area (Å²) in [6.07, 6.45) is 2.13. The van der Waals surface area contributed by atoms with Crippen LogP contribution in [0.1, 0.15) is 25.3 Å². The molecule has 20 heavy (non-hydrogen) atoms. The molecule has 1 saturated heterocycles. The Bertz CT molecular complexity index is 470. The minimum atomic E-state index is -0.344. The molecule has 1 aromatic rings.